The predicted molar refractivity (Wildman–Crippen MR) is 49.3 cm³/mol. The Morgan fingerprint density at radius 3 is 2.21 bits per heavy atom. The summed E-state index contributed by atoms with van der Waals surface area (Å²) in [5, 5.41) is 7.72. The van der Waals surface area contributed by atoms with Crippen LogP contribution in [-0.2, 0) is 10.1 Å². The minimum absolute atomic E-state index is 0. The third-order valence-corrected chi connectivity index (χ3v) is 3.24. The summed E-state index contributed by atoms with van der Waals surface area (Å²) >= 11 is 0. The summed E-state index contributed by atoms with van der Waals surface area (Å²) in [6.45, 7) is 1.90. The van der Waals surface area contributed by atoms with Crippen LogP contribution in [-0.4, -0.2) is 29.9 Å². The minimum Gasteiger partial charge on any atom is -0.748 e. The van der Waals surface area contributed by atoms with Gasteiger partial charge in [-0.1, -0.05) is 13.3 Å². The van der Waals surface area contributed by atoms with Gasteiger partial charge in [-0.2, -0.15) is 0 Å². The molecule has 0 aliphatic rings. The topological polar surface area (TPSA) is 77.4 Å². The van der Waals surface area contributed by atoms with E-state index >= 15 is 0 Å². The van der Waals surface area contributed by atoms with Crippen molar-refractivity contribution < 1.29 is 69.5 Å². The van der Waals surface area contributed by atoms with Crippen LogP contribution in [0.3, 0.4) is 0 Å². The first kappa shape index (κ1) is 17.9. The van der Waals surface area contributed by atoms with Crippen LogP contribution in [0.2, 0.25) is 0 Å². The number of rotatable bonds is 7. The molecule has 0 rings (SSSR count). The van der Waals surface area contributed by atoms with Crippen LogP contribution in [0.1, 0.15) is 39.0 Å². The van der Waals surface area contributed by atoms with Gasteiger partial charge in [0.05, 0.1) is 10.1 Å². The summed E-state index contributed by atoms with van der Waals surface area (Å²) in [7, 11) is -4.14. The Bertz CT molecular complexity index is 215. The quantitative estimate of drug-likeness (QED) is 0.317. The largest absolute Gasteiger partial charge is 1.00 e. The maximum Gasteiger partial charge on any atom is 1.00 e. The standard InChI is InChI=1S/C8H18O4S.K/c1-2-5-8(13(10,11)12)6-3-4-7-9;/h8-9H,2-7H2,1H3,(H,10,11,12);/q;+1/p-1. The van der Waals surface area contributed by atoms with E-state index in [1.807, 2.05) is 6.92 Å². The van der Waals surface area contributed by atoms with E-state index in [-0.39, 0.29) is 58.0 Å². The first-order chi connectivity index (χ1) is 6.02. The van der Waals surface area contributed by atoms with E-state index in [0.717, 1.165) is 0 Å². The minimum atomic E-state index is -4.14. The average Bonchev–Trinajstić information content (AvgIpc) is 2.01. The maximum absolute atomic E-state index is 10.7. The molecule has 0 radical (unpaired) electrons. The average molecular weight is 248 g/mol. The Labute approximate surface area is 129 Å². The Kier molecular flexibility index (Phi) is 12.4. The van der Waals surface area contributed by atoms with Crippen molar-refractivity contribution in [2.45, 2.75) is 44.3 Å². The van der Waals surface area contributed by atoms with Crippen molar-refractivity contribution in [3.8, 4) is 0 Å². The second-order valence-corrected chi connectivity index (χ2v) is 4.78. The van der Waals surface area contributed by atoms with E-state index < -0.39 is 15.4 Å². The van der Waals surface area contributed by atoms with Gasteiger partial charge in [-0.25, -0.2) is 8.42 Å². The molecule has 0 aliphatic carbocycles. The molecule has 4 nitrogen and oxygen atoms in total. The molecule has 1 unspecified atom stereocenters. The molecule has 0 saturated heterocycles. The maximum atomic E-state index is 10.7. The van der Waals surface area contributed by atoms with Crippen molar-refractivity contribution >= 4 is 10.1 Å². The van der Waals surface area contributed by atoms with Gasteiger partial charge < -0.3 is 9.66 Å². The third-order valence-electron chi connectivity index (χ3n) is 1.95. The van der Waals surface area contributed by atoms with Crippen molar-refractivity contribution in [2.24, 2.45) is 0 Å². The van der Waals surface area contributed by atoms with Crippen molar-refractivity contribution in [2.75, 3.05) is 6.61 Å². The van der Waals surface area contributed by atoms with Crippen LogP contribution in [0.15, 0.2) is 0 Å². The first-order valence-corrected chi connectivity index (χ1v) is 6.05. The fraction of sp³-hybridized carbons (Fsp3) is 1.00. The smallest absolute Gasteiger partial charge is 0.748 e. The molecule has 0 fully saturated rings. The second-order valence-electron chi connectivity index (χ2n) is 3.12. The van der Waals surface area contributed by atoms with Crippen LogP contribution >= 0.6 is 0 Å². The normalized spacial score (nSPS) is 13.4. The molecule has 0 heterocycles. The molecular weight excluding hydrogens is 231 g/mol. The molecule has 1 N–H and O–H groups in total. The molecule has 0 aromatic rings. The van der Waals surface area contributed by atoms with Crippen molar-refractivity contribution in [1.82, 2.24) is 0 Å². The zero-order valence-corrected chi connectivity index (χ0v) is 12.8. The molecule has 80 valence electrons. The Morgan fingerprint density at radius 1 is 1.29 bits per heavy atom. The number of hydrogen-bond donors (Lipinski definition) is 1. The molecule has 0 spiro atoms. The van der Waals surface area contributed by atoms with Crippen molar-refractivity contribution in [1.29, 1.82) is 0 Å². The van der Waals surface area contributed by atoms with Gasteiger partial charge in [-0.05, 0) is 25.7 Å². The summed E-state index contributed by atoms with van der Waals surface area (Å²) in [6.07, 6.45) is 2.67. The molecule has 14 heavy (non-hydrogen) atoms. The number of aliphatic hydroxyl groups is 1. The second kappa shape index (κ2) is 9.71. The molecule has 0 aromatic carbocycles. The van der Waals surface area contributed by atoms with E-state index in [4.69, 9.17) is 5.11 Å². The summed E-state index contributed by atoms with van der Waals surface area (Å²) < 4.78 is 32.1. The fourth-order valence-corrected chi connectivity index (χ4v) is 2.22. The van der Waals surface area contributed by atoms with Gasteiger partial charge in [-0.3, -0.25) is 0 Å². The molecule has 0 aliphatic heterocycles. The van der Waals surface area contributed by atoms with Gasteiger partial charge in [0, 0.05) is 11.9 Å². The molecule has 0 amide bonds. The zero-order valence-electron chi connectivity index (χ0n) is 8.90. The van der Waals surface area contributed by atoms with Gasteiger partial charge in [-0.15, -0.1) is 0 Å². The van der Waals surface area contributed by atoms with E-state index in [1.54, 1.807) is 0 Å². The van der Waals surface area contributed by atoms with E-state index in [9.17, 15) is 13.0 Å². The first-order valence-electron chi connectivity index (χ1n) is 4.58. The van der Waals surface area contributed by atoms with Gasteiger partial charge in [0.15, 0.2) is 0 Å². The van der Waals surface area contributed by atoms with Crippen molar-refractivity contribution in [3.63, 3.8) is 0 Å². The summed E-state index contributed by atoms with van der Waals surface area (Å²) in [4.78, 5) is 0. The van der Waals surface area contributed by atoms with Gasteiger partial charge in [0.2, 0.25) is 0 Å². The van der Waals surface area contributed by atoms with Gasteiger partial charge in [0.25, 0.3) is 0 Å². The van der Waals surface area contributed by atoms with Crippen LogP contribution in [0.5, 0.6) is 0 Å². The molecule has 1 atom stereocenters. The van der Waals surface area contributed by atoms with Gasteiger partial charge >= 0.3 is 51.4 Å². The third kappa shape index (κ3) is 8.79. The fourth-order valence-electron chi connectivity index (χ4n) is 1.24. The zero-order chi connectivity index (χ0) is 10.3. The monoisotopic (exact) mass is 248 g/mol. The van der Waals surface area contributed by atoms with E-state index in [0.29, 0.717) is 32.1 Å². The molecule has 0 aromatic heterocycles. The van der Waals surface area contributed by atoms with Gasteiger partial charge in [0.1, 0.15) is 0 Å². The number of aliphatic hydroxyl groups excluding tert-OH is 1. The molecule has 0 saturated carbocycles. The molecular formula is C8H17KO4S. The van der Waals surface area contributed by atoms with Crippen LogP contribution in [0.25, 0.3) is 0 Å². The van der Waals surface area contributed by atoms with Crippen LogP contribution in [0, 0.1) is 0 Å². The predicted octanol–water partition coefficient (Wildman–Crippen LogP) is -2.13. The van der Waals surface area contributed by atoms with E-state index in [2.05, 4.69) is 0 Å². The number of hydrogen-bond acceptors (Lipinski definition) is 4. The Hall–Kier alpha value is 1.51. The number of unbranched alkanes of at least 4 members (excludes halogenated alkanes) is 1. The Balaban J connectivity index is 0. The van der Waals surface area contributed by atoms with E-state index in [1.165, 1.54) is 0 Å². The van der Waals surface area contributed by atoms with Crippen LogP contribution in [0.4, 0.5) is 0 Å². The molecule has 6 heteroatoms. The van der Waals surface area contributed by atoms with Crippen molar-refractivity contribution in [3.05, 3.63) is 0 Å². The summed E-state index contributed by atoms with van der Waals surface area (Å²) in [5.41, 5.74) is 0. The molecule has 0 bridgehead atoms. The Morgan fingerprint density at radius 2 is 1.86 bits per heavy atom. The SMILES string of the molecule is CCCC(CCCCO)S(=O)(=O)[O-].[K+]. The summed E-state index contributed by atoms with van der Waals surface area (Å²) in [6, 6.07) is 0. The summed E-state index contributed by atoms with van der Waals surface area (Å²) in [5.74, 6) is 0. The van der Waals surface area contributed by atoms with Crippen LogP contribution < -0.4 is 51.4 Å².